The molecule has 10 rings (SSSR count). The molecule has 234 valence electrons. The third-order valence-corrected chi connectivity index (χ3v) is 9.31. The Balaban J connectivity index is 1.07. The molecule has 50 heavy (non-hydrogen) atoms. The van der Waals surface area contributed by atoms with Crippen LogP contribution in [0.25, 0.3) is 94.9 Å². The van der Waals surface area contributed by atoms with Crippen LogP contribution in [0.2, 0.25) is 0 Å². The summed E-state index contributed by atoms with van der Waals surface area (Å²) in [5.74, 6) is 2.29. The van der Waals surface area contributed by atoms with Gasteiger partial charge in [0.15, 0.2) is 17.5 Å². The van der Waals surface area contributed by atoms with Crippen LogP contribution >= 0.6 is 0 Å². The largest absolute Gasteiger partial charge is 0.355 e. The normalized spacial score (nSPS) is 11.6. The van der Waals surface area contributed by atoms with Crippen molar-refractivity contribution in [1.29, 1.82) is 0 Å². The average Bonchev–Trinajstić information content (AvgIpc) is 3.73. The maximum absolute atomic E-state index is 4.89. The molecule has 0 saturated carbocycles. The second-order valence-electron chi connectivity index (χ2n) is 12.3. The molecule has 0 aliphatic heterocycles. The van der Waals surface area contributed by atoms with Crippen molar-refractivity contribution in [3.05, 3.63) is 158 Å². The Morgan fingerprint density at radius 1 is 0.380 bits per heavy atom. The van der Waals surface area contributed by atoms with Gasteiger partial charge in [-0.1, -0.05) is 109 Å². The first kappa shape index (κ1) is 28.1. The van der Waals surface area contributed by atoms with Crippen molar-refractivity contribution in [1.82, 2.24) is 34.5 Å². The lowest BCUT2D eigenvalue weighted by Gasteiger charge is -2.09. The number of fused-ring (bicyclic) bond motifs is 6. The molecule has 4 aromatic heterocycles. The highest BCUT2D eigenvalue weighted by atomic mass is 15.2. The number of para-hydroxylation sites is 2. The fourth-order valence-electron chi connectivity index (χ4n) is 6.89. The Morgan fingerprint density at radius 2 is 0.900 bits per heavy atom. The molecule has 0 radical (unpaired) electrons. The van der Waals surface area contributed by atoms with Crippen LogP contribution in [0.15, 0.2) is 158 Å². The molecule has 4 heterocycles. The van der Waals surface area contributed by atoms with Gasteiger partial charge in [-0.25, -0.2) is 24.9 Å². The van der Waals surface area contributed by atoms with Gasteiger partial charge >= 0.3 is 0 Å². The molecule has 0 aliphatic rings. The van der Waals surface area contributed by atoms with Crippen LogP contribution in [0, 0.1) is 0 Å². The van der Waals surface area contributed by atoms with Gasteiger partial charge in [-0.3, -0.25) is 4.57 Å². The van der Waals surface area contributed by atoms with Crippen LogP contribution in [0.5, 0.6) is 0 Å². The van der Waals surface area contributed by atoms with E-state index < -0.39 is 0 Å². The van der Waals surface area contributed by atoms with Gasteiger partial charge in [0.2, 0.25) is 5.95 Å². The van der Waals surface area contributed by atoms with Gasteiger partial charge in [0.25, 0.3) is 0 Å². The lowest BCUT2D eigenvalue weighted by Crippen LogP contribution is -2.03. The topological polar surface area (TPSA) is 85.2 Å². The Morgan fingerprint density at radius 3 is 1.60 bits per heavy atom. The Bertz CT molecular complexity index is 2800. The van der Waals surface area contributed by atoms with Crippen molar-refractivity contribution in [3.63, 3.8) is 0 Å². The average molecular weight is 642 g/mol. The summed E-state index contributed by atoms with van der Waals surface area (Å²) < 4.78 is 2.12. The maximum Gasteiger partial charge on any atom is 0.234 e. The first-order valence-electron chi connectivity index (χ1n) is 16.5. The number of nitrogens with zero attached hydrogens (tertiary/aromatic N) is 6. The van der Waals surface area contributed by atoms with Crippen LogP contribution < -0.4 is 0 Å². The zero-order chi connectivity index (χ0) is 33.0. The van der Waals surface area contributed by atoms with Crippen molar-refractivity contribution in [3.8, 4) is 51.2 Å². The van der Waals surface area contributed by atoms with E-state index in [0.717, 1.165) is 49.5 Å². The van der Waals surface area contributed by atoms with Crippen molar-refractivity contribution in [2.75, 3.05) is 0 Å². The summed E-state index contributed by atoms with van der Waals surface area (Å²) in [6.45, 7) is 0. The standard InChI is InChI=1S/C43H27N7/c1-3-11-27(12-4-1)40-47-41(28-13-5-2-6-14-28)49-42(48-40)31-25-44-43(45-26-31)50-38-18-10-8-16-33(38)35-24-30(20-22-39(35)50)29-19-21-37-34(23-29)32-15-7-9-17-36(32)46-37/h1-26,46H. The summed E-state index contributed by atoms with van der Waals surface area (Å²) >= 11 is 0. The minimum absolute atomic E-state index is 0.517. The fraction of sp³-hybridized carbons (Fsp3) is 0. The van der Waals surface area contributed by atoms with Crippen molar-refractivity contribution in [2.24, 2.45) is 0 Å². The molecule has 0 bridgehead atoms. The maximum atomic E-state index is 4.89. The van der Waals surface area contributed by atoms with Gasteiger partial charge in [0, 0.05) is 56.1 Å². The lowest BCUT2D eigenvalue weighted by molar-refractivity contribution is 0.982. The molecule has 0 aliphatic carbocycles. The monoisotopic (exact) mass is 641 g/mol. The third-order valence-electron chi connectivity index (χ3n) is 9.31. The second kappa shape index (κ2) is 11.3. The molecule has 0 saturated heterocycles. The number of H-pyrrole nitrogens is 1. The zero-order valence-electron chi connectivity index (χ0n) is 26.7. The smallest absolute Gasteiger partial charge is 0.234 e. The minimum Gasteiger partial charge on any atom is -0.355 e. The Kier molecular flexibility index (Phi) is 6.35. The SMILES string of the molecule is c1ccc(-c2nc(-c3ccccc3)nc(-c3cnc(-n4c5ccccc5c5cc(-c6ccc7[nH]c8ccccc8c7c6)ccc54)nc3)n2)cc1. The number of nitrogens with one attached hydrogen (secondary N) is 1. The first-order valence-corrected chi connectivity index (χ1v) is 16.5. The summed E-state index contributed by atoms with van der Waals surface area (Å²) in [6, 6.07) is 50.0. The van der Waals surface area contributed by atoms with E-state index >= 15 is 0 Å². The number of benzene rings is 6. The quantitative estimate of drug-likeness (QED) is 0.202. The number of hydrogen-bond donors (Lipinski definition) is 1. The summed E-state index contributed by atoms with van der Waals surface area (Å²) in [7, 11) is 0. The van der Waals surface area contributed by atoms with Crippen LogP contribution in [0.3, 0.4) is 0 Å². The van der Waals surface area contributed by atoms with E-state index in [9.17, 15) is 0 Å². The Hall–Kier alpha value is -6.99. The highest BCUT2D eigenvalue weighted by Gasteiger charge is 2.17. The third kappa shape index (κ3) is 4.64. The molecule has 7 heteroatoms. The van der Waals surface area contributed by atoms with Crippen molar-refractivity contribution < 1.29 is 0 Å². The van der Waals surface area contributed by atoms with Gasteiger partial charge in [-0.05, 0) is 47.5 Å². The molecule has 0 atom stereocenters. The van der Waals surface area contributed by atoms with E-state index in [1.807, 2.05) is 60.7 Å². The van der Waals surface area contributed by atoms with E-state index in [1.165, 1.54) is 16.3 Å². The summed E-state index contributed by atoms with van der Waals surface area (Å²) in [4.78, 5) is 27.8. The van der Waals surface area contributed by atoms with Crippen molar-refractivity contribution >= 4 is 43.6 Å². The van der Waals surface area contributed by atoms with Crippen molar-refractivity contribution in [2.45, 2.75) is 0 Å². The molecule has 0 unspecified atom stereocenters. The zero-order valence-corrected chi connectivity index (χ0v) is 26.7. The summed E-state index contributed by atoms with van der Waals surface area (Å²) in [6.07, 6.45) is 3.60. The number of hydrogen-bond acceptors (Lipinski definition) is 5. The number of rotatable bonds is 5. The highest BCUT2D eigenvalue weighted by Crippen LogP contribution is 2.36. The summed E-state index contributed by atoms with van der Waals surface area (Å²) in [5, 5.41) is 4.73. The molecule has 0 amide bonds. The van der Waals surface area contributed by atoms with Crippen LogP contribution in [0.4, 0.5) is 0 Å². The predicted molar refractivity (Wildman–Crippen MR) is 201 cm³/mol. The molecule has 6 aromatic carbocycles. The fourth-order valence-corrected chi connectivity index (χ4v) is 6.89. The number of aromatic amines is 1. The van der Waals surface area contributed by atoms with E-state index in [0.29, 0.717) is 29.0 Å². The molecule has 7 nitrogen and oxygen atoms in total. The molecule has 1 N–H and O–H groups in total. The minimum atomic E-state index is 0.517. The first-order chi connectivity index (χ1) is 24.8. The van der Waals surface area contributed by atoms with E-state index in [4.69, 9.17) is 24.9 Å². The second-order valence-corrected chi connectivity index (χ2v) is 12.3. The van der Waals surface area contributed by atoms with E-state index in [2.05, 4.69) is 94.5 Å². The van der Waals surface area contributed by atoms with Crippen LogP contribution in [-0.4, -0.2) is 34.5 Å². The molecule has 0 fully saturated rings. The summed E-state index contributed by atoms with van der Waals surface area (Å²) in [5.41, 5.74) is 9.22. The van der Waals surface area contributed by atoms with E-state index in [1.54, 1.807) is 12.4 Å². The Labute approximate surface area is 286 Å². The van der Waals surface area contributed by atoms with E-state index in [-0.39, 0.29) is 0 Å². The molecular weight excluding hydrogens is 615 g/mol. The molecular formula is C43H27N7. The molecule has 10 aromatic rings. The lowest BCUT2D eigenvalue weighted by atomic mass is 10.0. The molecule has 0 spiro atoms. The van der Waals surface area contributed by atoms with Gasteiger partial charge in [0.1, 0.15) is 0 Å². The van der Waals surface area contributed by atoms with Gasteiger partial charge in [0.05, 0.1) is 16.6 Å². The van der Waals surface area contributed by atoms with Gasteiger partial charge in [-0.15, -0.1) is 0 Å². The van der Waals surface area contributed by atoms with Crippen LogP contribution in [-0.2, 0) is 0 Å². The van der Waals surface area contributed by atoms with Crippen LogP contribution in [0.1, 0.15) is 0 Å². The van der Waals surface area contributed by atoms with Gasteiger partial charge in [-0.2, -0.15) is 0 Å². The predicted octanol–water partition coefficient (Wildman–Crippen LogP) is 10.1. The number of aromatic nitrogens is 7. The highest BCUT2D eigenvalue weighted by molar-refractivity contribution is 6.11. The van der Waals surface area contributed by atoms with Gasteiger partial charge < -0.3 is 4.98 Å².